The summed E-state index contributed by atoms with van der Waals surface area (Å²) in [4.78, 5) is 38.1. The molecule has 8 nitrogen and oxygen atoms in total. The highest BCUT2D eigenvalue weighted by molar-refractivity contribution is 5.83. The van der Waals surface area contributed by atoms with Crippen LogP contribution in [0.2, 0.25) is 0 Å². The number of H-pyrrole nitrogens is 2. The topological polar surface area (TPSA) is 135 Å². The second-order valence-corrected chi connectivity index (χ2v) is 5.21. The Kier molecular flexibility index (Phi) is 2.98. The average molecular weight is 278 g/mol. The van der Waals surface area contributed by atoms with Gasteiger partial charge in [0.05, 0.1) is 16.0 Å². The van der Waals surface area contributed by atoms with Gasteiger partial charge in [-0.2, -0.15) is 0 Å². The molecule has 2 aromatic rings. The molecular formula is C12H14N4O4. The predicted octanol–water partition coefficient (Wildman–Crippen LogP) is 0.627. The second kappa shape index (κ2) is 4.27. The molecule has 2 rings (SSSR count). The number of benzene rings is 1. The Morgan fingerprint density at radius 1 is 1.25 bits per heavy atom. The molecule has 20 heavy (non-hydrogen) atoms. The summed E-state index contributed by atoms with van der Waals surface area (Å²) in [5, 5.41) is 11.1. The highest BCUT2D eigenvalue weighted by Gasteiger charge is 2.27. The van der Waals surface area contributed by atoms with Crippen molar-refractivity contribution in [3.8, 4) is 0 Å². The lowest BCUT2D eigenvalue weighted by molar-refractivity contribution is -0.385. The average Bonchev–Trinajstić information content (AvgIpc) is 2.28. The largest absolute Gasteiger partial charge is 0.322 e. The Morgan fingerprint density at radius 3 is 2.30 bits per heavy atom. The predicted molar refractivity (Wildman–Crippen MR) is 73.8 cm³/mol. The van der Waals surface area contributed by atoms with Crippen molar-refractivity contribution in [2.45, 2.75) is 26.3 Å². The van der Waals surface area contributed by atoms with E-state index in [0.29, 0.717) is 16.6 Å². The molecule has 0 amide bonds. The number of nitrogens with two attached hydrogens (primary N) is 1. The van der Waals surface area contributed by atoms with E-state index in [1.165, 1.54) is 6.07 Å². The van der Waals surface area contributed by atoms with Crippen LogP contribution in [0.4, 0.5) is 5.69 Å². The number of nitro benzene ring substituents is 1. The molecule has 0 unspecified atom stereocenters. The van der Waals surface area contributed by atoms with Gasteiger partial charge in [0.1, 0.15) is 0 Å². The first kappa shape index (κ1) is 13.9. The van der Waals surface area contributed by atoms with Crippen LogP contribution < -0.4 is 16.9 Å². The van der Waals surface area contributed by atoms with Crippen LogP contribution in [-0.4, -0.2) is 14.9 Å². The zero-order valence-corrected chi connectivity index (χ0v) is 11.2. The van der Waals surface area contributed by atoms with Crippen LogP contribution in [0.3, 0.4) is 0 Å². The van der Waals surface area contributed by atoms with E-state index in [9.17, 15) is 19.7 Å². The lowest BCUT2D eigenvalue weighted by Gasteiger charge is -2.23. The number of aromatic nitrogens is 2. The maximum absolute atomic E-state index is 11.5. The van der Waals surface area contributed by atoms with E-state index in [0.717, 1.165) is 0 Å². The van der Waals surface area contributed by atoms with E-state index in [1.807, 2.05) is 0 Å². The number of aromatic amines is 2. The molecule has 0 aliphatic rings. The Morgan fingerprint density at radius 2 is 1.80 bits per heavy atom. The van der Waals surface area contributed by atoms with E-state index in [-0.39, 0.29) is 11.2 Å². The minimum Gasteiger partial charge on any atom is -0.322 e. The zero-order chi connectivity index (χ0) is 15.2. The maximum Gasteiger partial charge on any atom is 0.314 e. The molecule has 0 saturated carbocycles. The third kappa shape index (κ3) is 2.10. The lowest BCUT2D eigenvalue weighted by Crippen LogP contribution is -2.34. The van der Waals surface area contributed by atoms with Crippen LogP contribution in [0.15, 0.2) is 15.7 Å². The molecular weight excluding hydrogens is 264 g/mol. The standard InChI is InChI=1S/C12H14N4O4/c1-5-7(16(19)20)4-6-9(8(5)12(2,3)13)15-11(18)10(17)14-6/h4H,13H2,1-3H3,(H,14,17)(H,15,18). The van der Waals surface area contributed by atoms with E-state index in [2.05, 4.69) is 9.97 Å². The first-order chi connectivity index (χ1) is 9.12. The van der Waals surface area contributed by atoms with Crippen molar-refractivity contribution >= 4 is 16.7 Å². The summed E-state index contributed by atoms with van der Waals surface area (Å²) in [6.07, 6.45) is 0. The van der Waals surface area contributed by atoms with E-state index >= 15 is 0 Å². The minimum atomic E-state index is -0.921. The summed E-state index contributed by atoms with van der Waals surface area (Å²) in [5.74, 6) is 0. The van der Waals surface area contributed by atoms with Crippen LogP contribution in [0, 0.1) is 17.0 Å². The van der Waals surface area contributed by atoms with Crippen molar-refractivity contribution in [1.82, 2.24) is 9.97 Å². The zero-order valence-electron chi connectivity index (χ0n) is 11.2. The summed E-state index contributed by atoms with van der Waals surface area (Å²) in [6.45, 7) is 4.90. The highest BCUT2D eigenvalue weighted by atomic mass is 16.6. The Balaban J connectivity index is 3.09. The first-order valence-electron chi connectivity index (χ1n) is 5.86. The minimum absolute atomic E-state index is 0.159. The molecule has 1 aromatic carbocycles. The van der Waals surface area contributed by atoms with Crippen LogP contribution in [-0.2, 0) is 5.54 Å². The lowest BCUT2D eigenvalue weighted by atomic mass is 9.89. The monoisotopic (exact) mass is 278 g/mol. The SMILES string of the molecule is Cc1c([N+](=O)[O-])cc2[nH]c(=O)c(=O)[nH]c2c1C(C)(C)N. The molecule has 0 radical (unpaired) electrons. The van der Waals surface area contributed by atoms with Crippen LogP contribution in [0.1, 0.15) is 25.0 Å². The van der Waals surface area contributed by atoms with Gasteiger partial charge in [0.2, 0.25) is 0 Å². The van der Waals surface area contributed by atoms with Gasteiger partial charge in [0.25, 0.3) is 5.69 Å². The highest BCUT2D eigenvalue weighted by Crippen LogP contribution is 2.33. The van der Waals surface area contributed by atoms with Gasteiger partial charge in [-0.1, -0.05) is 0 Å². The summed E-state index contributed by atoms with van der Waals surface area (Å²) >= 11 is 0. The van der Waals surface area contributed by atoms with Crippen molar-refractivity contribution in [2.24, 2.45) is 5.73 Å². The fourth-order valence-corrected chi connectivity index (χ4v) is 2.34. The molecule has 0 bridgehead atoms. The molecule has 1 heterocycles. The van der Waals surface area contributed by atoms with Crippen molar-refractivity contribution in [3.05, 3.63) is 48.0 Å². The van der Waals surface area contributed by atoms with E-state index in [4.69, 9.17) is 5.73 Å². The van der Waals surface area contributed by atoms with Gasteiger partial charge in [0.15, 0.2) is 0 Å². The van der Waals surface area contributed by atoms with E-state index < -0.39 is 21.6 Å². The number of nitrogens with one attached hydrogen (secondary N) is 2. The quantitative estimate of drug-likeness (QED) is 0.420. The molecule has 0 saturated heterocycles. The van der Waals surface area contributed by atoms with Gasteiger partial charge < -0.3 is 15.7 Å². The van der Waals surface area contributed by atoms with Crippen molar-refractivity contribution in [2.75, 3.05) is 0 Å². The summed E-state index contributed by atoms with van der Waals surface area (Å²) in [7, 11) is 0. The van der Waals surface area contributed by atoms with Crippen molar-refractivity contribution < 1.29 is 4.92 Å². The fourth-order valence-electron chi connectivity index (χ4n) is 2.34. The summed E-state index contributed by atoms with van der Waals surface area (Å²) < 4.78 is 0. The van der Waals surface area contributed by atoms with Crippen LogP contribution >= 0.6 is 0 Å². The van der Waals surface area contributed by atoms with Gasteiger partial charge in [-0.3, -0.25) is 19.7 Å². The van der Waals surface area contributed by atoms with Gasteiger partial charge in [-0.25, -0.2) is 0 Å². The van der Waals surface area contributed by atoms with Crippen LogP contribution in [0.5, 0.6) is 0 Å². The number of hydrogen-bond donors (Lipinski definition) is 3. The molecule has 0 atom stereocenters. The fraction of sp³-hybridized carbons (Fsp3) is 0.333. The number of nitrogens with zero attached hydrogens (tertiary/aromatic N) is 1. The normalized spacial score (nSPS) is 11.8. The number of rotatable bonds is 2. The summed E-state index contributed by atoms with van der Waals surface area (Å²) in [6, 6.07) is 1.22. The molecule has 0 aliphatic carbocycles. The van der Waals surface area contributed by atoms with E-state index in [1.54, 1.807) is 20.8 Å². The van der Waals surface area contributed by atoms with Gasteiger partial charge in [0, 0.05) is 22.7 Å². The first-order valence-corrected chi connectivity index (χ1v) is 5.86. The molecule has 0 aliphatic heterocycles. The Hall–Kier alpha value is -2.48. The Labute approximate surface area is 112 Å². The van der Waals surface area contributed by atoms with Crippen molar-refractivity contribution in [3.63, 3.8) is 0 Å². The Bertz CT molecular complexity index is 826. The molecule has 1 aromatic heterocycles. The maximum atomic E-state index is 11.5. The second-order valence-electron chi connectivity index (χ2n) is 5.21. The molecule has 0 fully saturated rings. The van der Waals surface area contributed by atoms with Gasteiger partial charge in [-0.05, 0) is 20.8 Å². The summed E-state index contributed by atoms with van der Waals surface area (Å²) in [5.41, 5.74) is 4.55. The van der Waals surface area contributed by atoms with Gasteiger partial charge in [-0.15, -0.1) is 0 Å². The molecule has 8 heteroatoms. The van der Waals surface area contributed by atoms with Crippen LogP contribution in [0.25, 0.3) is 11.0 Å². The van der Waals surface area contributed by atoms with Crippen molar-refractivity contribution in [1.29, 1.82) is 0 Å². The third-order valence-corrected chi connectivity index (χ3v) is 3.09. The molecule has 4 N–H and O–H groups in total. The number of nitro groups is 1. The smallest absolute Gasteiger partial charge is 0.314 e. The van der Waals surface area contributed by atoms with Gasteiger partial charge >= 0.3 is 11.1 Å². The molecule has 106 valence electrons. The number of hydrogen-bond acceptors (Lipinski definition) is 5. The third-order valence-electron chi connectivity index (χ3n) is 3.09. The molecule has 0 spiro atoms. The number of fused-ring (bicyclic) bond motifs is 1.